The van der Waals surface area contributed by atoms with Gasteiger partial charge in [-0.05, 0) is 56.8 Å². The van der Waals surface area contributed by atoms with Crippen molar-refractivity contribution in [2.75, 3.05) is 25.5 Å². The van der Waals surface area contributed by atoms with Gasteiger partial charge in [-0.1, -0.05) is 23.7 Å². The van der Waals surface area contributed by atoms with Crippen LogP contribution in [0.1, 0.15) is 12.8 Å². The van der Waals surface area contributed by atoms with Crippen molar-refractivity contribution in [1.82, 2.24) is 29.2 Å². The fourth-order valence-electron chi connectivity index (χ4n) is 4.24. The number of benzene rings is 1. The molecule has 1 aromatic carbocycles. The first-order valence-electron chi connectivity index (χ1n) is 11.5. The van der Waals surface area contributed by atoms with Gasteiger partial charge in [0.2, 0.25) is 11.8 Å². The summed E-state index contributed by atoms with van der Waals surface area (Å²) in [4.78, 5) is 29.1. The van der Waals surface area contributed by atoms with Gasteiger partial charge in [0.1, 0.15) is 11.5 Å². The van der Waals surface area contributed by atoms with E-state index in [9.17, 15) is 4.79 Å². The smallest absolute Gasteiger partial charge is 0.278 e. The SMILES string of the molecule is C=CCn1c(=O)c2cnc(Nc3ccc(Cl)cc3)nc2n1-c1cccc(O[C@H]2CCCN(C)C2)n1. The van der Waals surface area contributed by atoms with E-state index in [1.54, 1.807) is 27.6 Å². The van der Waals surface area contributed by atoms with Gasteiger partial charge in [-0.25, -0.2) is 14.3 Å². The topological polar surface area (TPSA) is 90.1 Å². The van der Waals surface area contributed by atoms with E-state index in [-0.39, 0.29) is 18.2 Å². The molecule has 0 bridgehead atoms. The molecule has 0 amide bonds. The quantitative estimate of drug-likeness (QED) is 0.390. The molecule has 0 aliphatic carbocycles. The highest BCUT2D eigenvalue weighted by Gasteiger charge is 2.21. The fourth-order valence-corrected chi connectivity index (χ4v) is 4.37. The number of anilines is 2. The maximum absolute atomic E-state index is 13.2. The summed E-state index contributed by atoms with van der Waals surface area (Å²) in [7, 11) is 2.09. The number of pyridine rings is 1. The number of ether oxygens (including phenoxy) is 1. The van der Waals surface area contributed by atoms with E-state index in [4.69, 9.17) is 21.3 Å². The second kappa shape index (κ2) is 9.89. The molecule has 1 fully saturated rings. The summed E-state index contributed by atoms with van der Waals surface area (Å²) in [5.41, 5.74) is 0.990. The number of allylic oxidation sites excluding steroid dienone is 1. The van der Waals surface area contributed by atoms with E-state index < -0.39 is 0 Å². The summed E-state index contributed by atoms with van der Waals surface area (Å²) in [6, 6.07) is 12.7. The molecule has 1 N–H and O–H groups in total. The Bertz CT molecular complexity index is 1410. The van der Waals surface area contributed by atoms with Crippen molar-refractivity contribution in [3.63, 3.8) is 0 Å². The van der Waals surface area contributed by atoms with Gasteiger partial charge in [0.05, 0.1) is 6.54 Å². The Hall–Kier alpha value is -3.69. The van der Waals surface area contributed by atoms with Crippen LogP contribution in [-0.2, 0) is 6.54 Å². The van der Waals surface area contributed by atoms with Crippen LogP contribution in [0.25, 0.3) is 16.9 Å². The van der Waals surface area contributed by atoms with Crippen molar-refractivity contribution < 1.29 is 4.74 Å². The van der Waals surface area contributed by atoms with Gasteiger partial charge in [0, 0.05) is 29.5 Å². The molecule has 4 aromatic rings. The lowest BCUT2D eigenvalue weighted by Gasteiger charge is -2.29. The first-order chi connectivity index (χ1) is 17.0. The van der Waals surface area contributed by atoms with Crippen LogP contribution in [0.2, 0.25) is 5.02 Å². The molecule has 1 saturated heterocycles. The zero-order chi connectivity index (χ0) is 24.4. The zero-order valence-corrected chi connectivity index (χ0v) is 20.1. The van der Waals surface area contributed by atoms with Gasteiger partial charge in [-0.3, -0.25) is 4.79 Å². The summed E-state index contributed by atoms with van der Waals surface area (Å²) in [6.45, 7) is 6.02. The van der Waals surface area contributed by atoms with Crippen molar-refractivity contribution in [2.24, 2.45) is 0 Å². The number of aromatic nitrogens is 5. The minimum Gasteiger partial charge on any atom is -0.473 e. The van der Waals surface area contributed by atoms with E-state index in [1.807, 2.05) is 30.3 Å². The Labute approximate surface area is 207 Å². The fraction of sp³-hybridized carbons (Fsp3) is 0.280. The van der Waals surface area contributed by atoms with E-state index in [0.29, 0.717) is 33.7 Å². The number of rotatable bonds is 7. The number of hydrogen-bond acceptors (Lipinski definition) is 7. The normalized spacial score (nSPS) is 16.3. The molecular formula is C25H26ClN7O2. The summed E-state index contributed by atoms with van der Waals surface area (Å²) in [5.74, 6) is 1.38. The Kier molecular flexibility index (Phi) is 6.52. The molecule has 5 rings (SSSR count). The second-order valence-corrected chi connectivity index (χ2v) is 8.97. The number of nitrogens with zero attached hydrogens (tertiary/aromatic N) is 6. The molecule has 0 saturated carbocycles. The van der Waals surface area contributed by atoms with Crippen molar-refractivity contribution >= 4 is 34.3 Å². The Morgan fingerprint density at radius 1 is 1.23 bits per heavy atom. The summed E-state index contributed by atoms with van der Waals surface area (Å²) < 4.78 is 9.42. The minimum absolute atomic E-state index is 0.0748. The summed E-state index contributed by atoms with van der Waals surface area (Å²) >= 11 is 5.99. The maximum atomic E-state index is 13.2. The number of nitrogens with one attached hydrogen (secondary N) is 1. The number of hydrogen-bond donors (Lipinski definition) is 1. The van der Waals surface area contributed by atoms with E-state index in [1.165, 1.54) is 6.20 Å². The van der Waals surface area contributed by atoms with E-state index >= 15 is 0 Å². The van der Waals surface area contributed by atoms with Crippen LogP contribution in [0.5, 0.6) is 5.88 Å². The van der Waals surface area contributed by atoms with Gasteiger partial charge in [-0.15, -0.1) is 6.58 Å². The van der Waals surface area contributed by atoms with Crippen molar-refractivity contribution in [3.8, 4) is 11.7 Å². The molecule has 9 nitrogen and oxygen atoms in total. The van der Waals surface area contributed by atoms with Crippen LogP contribution >= 0.6 is 11.6 Å². The van der Waals surface area contributed by atoms with E-state index in [0.717, 1.165) is 31.6 Å². The number of halogens is 1. The lowest BCUT2D eigenvalue weighted by molar-refractivity contribution is 0.1000. The first kappa shape index (κ1) is 23.1. The summed E-state index contributed by atoms with van der Waals surface area (Å²) in [5, 5.41) is 4.18. The monoisotopic (exact) mass is 491 g/mol. The molecule has 3 aromatic heterocycles. The molecule has 4 heterocycles. The Balaban J connectivity index is 1.55. The predicted molar refractivity (Wildman–Crippen MR) is 137 cm³/mol. The van der Waals surface area contributed by atoms with Gasteiger partial charge in [0.25, 0.3) is 5.56 Å². The standard InChI is InChI=1S/C25H26ClN7O2/c1-3-13-32-24(34)20-15-27-25(28-18-11-9-17(26)10-12-18)30-23(20)33(32)21-7-4-8-22(29-21)35-19-6-5-14-31(2)16-19/h3-4,7-12,15,19H,1,5-6,13-14,16H2,2H3,(H,27,28,30)/t19-/m0/s1. The van der Waals surface area contributed by atoms with Gasteiger partial charge >= 0.3 is 0 Å². The number of likely N-dealkylation sites (N-methyl/N-ethyl adjacent to an activating group) is 1. The van der Waals surface area contributed by atoms with Crippen LogP contribution in [0, 0.1) is 0 Å². The molecule has 0 radical (unpaired) electrons. The van der Waals surface area contributed by atoms with Crippen molar-refractivity contribution in [2.45, 2.75) is 25.5 Å². The third-order valence-electron chi connectivity index (χ3n) is 5.87. The average molecular weight is 492 g/mol. The molecule has 35 heavy (non-hydrogen) atoms. The van der Waals surface area contributed by atoms with Crippen LogP contribution in [0.3, 0.4) is 0 Å². The highest BCUT2D eigenvalue weighted by Crippen LogP contribution is 2.22. The van der Waals surface area contributed by atoms with E-state index in [2.05, 4.69) is 33.8 Å². The largest absolute Gasteiger partial charge is 0.473 e. The maximum Gasteiger partial charge on any atom is 0.278 e. The lowest BCUT2D eigenvalue weighted by Crippen LogP contribution is -2.38. The second-order valence-electron chi connectivity index (χ2n) is 8.53. The third-order valence-corrected chi connectivity index (χ3v) is 6.12. The summed E-state index contributed by atoms with van der Waals surface area (Å²) in [6.07, 6.45) is 5.33. The van der Waals surface area contributed by atoms with Gasteiger partial charge < -0.3 is 15.0 Å². The molecule has 10 heteroatoms. The number of likely N-dealkylation sites (tertiary alicyclic amines) is 1. The Morgan fingerprint density at radius 3 is 2.83 bits per heavy atom. The predicted octanol–water partition coefficient (Wildman–Crippen LogP) is 4.03. The molecule has 0 spiro atoms. The molecule has 1 aliphatic heterocycles. The zero-order valence-electron chi connectivity index (χ0n) is 19.4. The highest BCUT2D eigenvalue weighted by atomic mass is 35.5. The molecular weight excluding hydrogens is 466 g/mol. The first-order valence-corrected chi connectivity index (χ1v) is 11.8. The number of fused-ring (bicyclic) bond motifs is 1. The third kappa shape index (κ3) is 4.91. The minimum atomic E-state index is -0.222. The average Bonchev–Trinajstić information content (AvgIpc) is 3.12. The molecule has 0 unspecified atom stereocenters. The van der Waals surface area contributed by atoms with Gasteiger partial charge in [0.15, 0.2) is 11.5 Å². The van der Waals surface area contributed by atoms with Crippen LogP contribution in [0.4, 0.5) is 11.6 Å². The molecule has 1 atom stereocenters. The number of piperidine rings is 1. The molecule has 1 aliphatic rings. The van der Waals surface area contributed by atoms with Crippen molar-refractivity contribution in [3.05, 3.63) is 76.7 Å². The Morgan fingerprint density at radius 2 is 2.06 bits per heavy atom. The van der Waals surface area contributed by atoms with Crippen LogP contribution < -0.4 is 15.6 Å². The lowest BCUT2D eigenvalue weighted by atomic mass is 10.1. The van der Waals surface area contributed by atoms with Crippen LogP contribution in [-0.4, -0.2) is 55.5 Å². The van der Waals surface area contributed by atoms with Crippen LogP contribution in [0.15, 0.2) is 66.1 Å². The highest BCUT2D eigenvalue weighted by molar-refractivity contribution is 6.30. The van der Waals surface area contributed by atoms with Gasteiger partial charge in [-0.2, -0.15) is 9.97 Å². The molecule has 180 valence electrons. The van der Waals surface area contributed by atoms with Crippen molar-refractivity contribution in [1.29, 1.82) is 0 Å².